The zero-order chi connectivity index (χ0) is 47.3. The molecule has 0 atom stereocenters. The minimum Gasteiger partial charge on any atom is -0.478 e. The van der Waals surface area contributed by atoms with Crippen molar-refractivity contribution in [2.24, 2.45) is 0 Å². The van der Waals surface area contributed by atoms with Gasteiger partial charge in [0.25, 0.3) is 11.8 Å². The zero-order valence-electron chi connectivity index (χ0n) is 39.1. The van der Waals surface area contributed by atoms with Crippen LogP contribution in [0.2, 0.25) is 0 Å². The number of carboxylic acids is 1. The van der Waals surface area contributed by atoms with Crippen LogP contribution in [0.25, 0.3) is 5.57 Å². The van der Waals surface area contributed by atoms with Crippen LogP contribution in [0, 0.1) is 0 Å². The molecule has 0 spiro atoms. The molecule has 0 radical (unpaired) electrons. The van der Waals surface area contributed by atoms with E-state index in [9.17, 15) is 29.1 Å². The second kappa shape index (κ2) is 20.8. The second-order valence-electron chi connectivity index (χ2n) is 18.8. The Morgan fingerprint density at radius 3 is 2.24 bits per heavy atom. The van der Waals surface area contributed by atoms with Crippen LogP contribution in [0.3, 0.4) is 0 Å². The predicted octanol–water partition coefficient (Wildman–Crippen LogP) is 6.28. The van der Waals surface area contributed by atoms with Gasteiger partial charge in [0.2, 0.25) is 17.2 Å². The van der Waals surface area contributed by atoms with E-state index in [2.05, 4.69) is 32.2 Å². The van der Waals surface area contributed by atoms with E-state index < -0.39 is 11.9 Å². The van der Waals surface area contributed by atoms with Gasteiger partial charge in [0.15, 0.2) is 0 Å². The van der Waals surface area contributed by atoms with E-state index in [0.717, 1.165) is 131 Å². The molecule has 68 heavy (non-hydrogen) atoms. The second-order valence-corrected chi connectivity index (χ2v) is 18.8. The van der Waals surface area contributed by atoms with E-state index in [1.54, 1.807) is 52.8 Å². The number of nitrogens with one attached hydrogen (secondary N) is 3. The summed E-state index contributed by atoms with van der Waals surface area (Å²) in [7, 11) is 0. The van der Waals surface area contributed by atoms with E-state index in [4.69, 9.17) is 9.94 Å². The number of aryl methyl sites for hydroxylation is 2. The number of amides is 4. The molecule has 14 heteroatoms. The van der Waals surface area contributed by atoms with Crippen LogP contribution in [-0.4, -0.2) is 90.6 Å². The highest BCUT2D eigenvalue weighted by atomic mass is 16.5. The third kappa shape index (κ3) is 9.60. The molecule has 0 aromatic heterocycles. The number of hydrogen-bond acceptors (Lipinski definition) is 8. The number of hydrogen-bond donors (Lipinski definition) is 5. The molecule has 14 nitrogen and oxygen atoms in total. The van der Waals surface area contributed by atoms with Gasteiger partial charge in [0.1, 0.15) is 24.6 Å². The lowest BCUT2D eigenvalue weighted by molar-refractivity contribution is -0.129. The van der Waals surface area contributed by atoms with E-state index in [-0.39, 0.29) is 42.8 Å². The van der Waals surface area contributed by atoms with Gasteiger partial charge in [-0.3, -0.25) is 24.4 Å². The minimum atomic E-state index is -1.07. The molecule has 5 N–H and O–H groups in total. The number of nitrogens with zero attached hydrogens (tertiary/aromatic N) is 3. The van der Waals surface area contributed by atoms with Gasteiger partial charge < -0.3 is 30.3 Å². The summed E-state index contributed by atoms with van der Waals surface area (Å²) >= 11 is 0. The van der Waals surface area contributed by atoms with Crippen molar-refractivity contribution in [2.75, 3.05) is 56.0 Å². The fraction of sp³-hybridized carbons (Fsp3) is 0.444. The molecule has 9 rings (SSSR count). The minimum absolute atomic E-state index is 0.123. The number of carboxylic acid groups (broad SMARTS) is 1. The Bertz CT molecular complexity index is 2780. The Balaban J connectivity index is 0.963. The van der Waals surface area contributed by atoms with Crippen molar-refractivity contribution in [1.82, 2.24) is 20.3 Å². The average molecular weight is 924 g/mol. The molecule has 4 aromatic rings. The topological polar surface area (TPSA) is 181 Å². The molecule has 356 valence electrons. The number of hydroxylamine groups is 1. The Kier molecular flexibility index (Phi) is 14.2. The first-order chi connectivity index (χ1) is 33.1. The maximum absolute atomic E-state index is 14.1. The highest BCUT2D eigenvalue weighted by Gasteiger charge is 2.36. The first-order valence-corrected chi connectivity index (χ1v) is 24.8. The van der Waals surface area contributed by atoms with Crippen LogP contribution in [0.15, 0.2) is 54.6 Å². The summed E-state index contributed by atoms with van der Waals surface area (Å²) in [5.74, 6) is -0.560. The number of carbonyl (C=O) groups is 5. The summed E-state index contributed by atoms with van der Waals surface area (Å²) < 4.78 is 9.78. The SMILES string of the molecule is CCN(CCNC(=O)c1ccc(C(=O)O)c(C2=c3cc4c5c(c3Oc3c2cc2c6c3CCCN6CCCC2)CCC[N+]=5CCCC4)c1)C(=O)c1ccc(NC(=O)CCCCCCC(=O)NO)cc1. The zero-order valence-corrected chi connectivity index (χ0v) is 39.1. The fourth-order valence-electron chi connectivity index (χ4n) is 11.1. The Morgan fingerprint density at radius 2 is 1.46 bits per heavy atom. The number of rotatable bonds is 16. The number of anilines is 2. The van der Waals surface area contributed by atoms with Crippen LogP contribution in [0.4, 0.5) is 11.4 Å². The molecule has 0 saturated heterocycles. The molecule has 0 fully saturated rings. The number of ether oxygens (including phenoxy) is 1. The third-order valence-corrected chi connectivity index (χ3v) is 14.4. The quantitative estimate of drug-likeness (QED) is 0.0330. The lowest BCUT2D eigenvalue weighted by atomic mass is 9.82. The highest BCUT2D eigenvalue weighted by Crippen LogP contribution is 2.48. The molecule has 4 amide bonds. The Hall–Kier alpha value is -6.54. The predicted molar refractivity (Wildman–Crippen MR) is 260 cm³/mol. The van der Waals surface area contributed by atoms with Crippen molar-refractivity contribution in [2.45, 2.75) is 110 Å². The van der Waals surface area contributed by atoms with Gasteiger partial charge in [0.05, 0.1) is 11.1 Å². The maximum atomic E-state index is 14.1. The largest absolute Gasteiger partial charge is 0.478 e. The summed E-state index contributed by atoms with van der Waals surface area (Å²) in [5.41, 5.74) is 11.5. The smallest absolute Gasteiger partial charge is 0.336 e. The maximum Gasteiger partial charge on any atom is 0.336 e. The molecular weight excluding hydrogens is 861 g/mol. The van der Waals surface area contributed by atoms with Gasteiger partial charge in [-0.1, -0.05) is 12.8 Å². The first kappa shape index (κ1) is 46.6. The summed E-state index contributed by atoms with van der Waals surface area (Å²) in [6.07, 6.45) is 13.5. The van der Waals surface area contributed by atoms with Crippen LogP contribution in [0.5, 0.6) is 11.5 Å². The third-order valence-electron chi connectivity index (χ3n) is 14.4. The molecule has 0 bridgehead atoms. The lowest BCUT2D eigenvalue weighted by Gasteiger charge is -2.35. The van der Waals surface area contributed by atoms with Crippen molar-refractivity contribution in [3.05, 3.63) is 115 Å². The molecular formula is C54H63N6O8+. The normalized spacial score (nSPS) is 15.6. The first-order valence-electron chi connectivity index (χ1n) is 24.8. The van der Waals surface area contributed by atoms with Crippen LogP contribution in [-0.2, 0) is 35.3 Å². The number of unbranched alkanes of at least 4 members (excludes halogenated alkanes) is 3. The Morgan fingerprint density at radius 1 is 0.735 bits per heavy atom. The summed E-state index contributed by atoms with van der Waals surface area (Å²) in [5, 5.41) is 27.5. The van der Waals surface area contributed by atoms with Crippen molar-refractivity contribution >= 4 is 46.5 Å². The van der Waals surface area contributed by atoms with Gasteiger partial charge in [0, 0.05) is 108 Å². The summed E-state index contributed by atoms with van der Waals surface area (Å²) in [6.45, 7) is 6.75. The van der Waals surface area contributed by atoms with Crippen molar-refractivity contribution < 1.29 is 39.0 Å². The molecule has 4 aromatic carbocycles. The van der Waals surface area contributed by atoms with Gasteiger partial charge >= 0.3 is 5.97 Å². The molecule has 0 saturated carbocycles. The van der Waals surface area contributed by atoms with E-state index in [0.29, 0.717) is 48.2 Å². The van der Waals surface area contributed by atoms with Crippen LogP contribution in [0.1, 0.15) is 148 Å². The van der Waals surface area contributed by atoms with E-state index in [1.807, 2.05) is 6.92 Å². The molecule has 0 unspecified atom stereocenters. The summed E-state index contributed by atoms with van der Waals surface area (Å²) in [6, 6.07) is 16.1. The van der Waals surface area contributed by atoms with Gasteiger partial charge in [-0.05, 0) is 137 Å². The van der Waals surface area contributed by atoms with Crippen LogP contribution < -0.4 is 40.9 Å². The van der Waals surface area contributed by atoms with E-state index >= 15 is 0 Å². The standard InChI is InChI=1S/C54H62N6O8/c1-2-58(53(64)34-19-22-38(23-20-34)56-45(61)17-5-3-4-6-18-46(62)57-67)30-25-55-52(63)37-21-24-39(54(65)66)42(33-37)47-43-31-35-13-7-9-26-59-28-11-15-40(48(35)59)50(43)68-51-41-16-12-29-60-27-10-8-14-36(49(41)60)32-44(47)51/h19-24,31-33H,2-18,25-30H2,1H3,(H4-,55,56,57,61,62,63,64,65,66,67)/p+1. The molecule has 5 aliphatic rings. The van der Waals surface area contributed by atoms with E-state index in [1.165, 1.54) is 33.3 Å². The average Bonchev–Trinajstić information content (AvgIpc) is 3.70. The molecule has 5 heterocycles. The summed E-state index contributed by atoms with van der Waals surface area (Å²) in [4.78, 5) is 68.9. The van der Waals surface area contributed by atoms with Crippen molar-refractivity contribution in [3.8, 4) is 11.5 Å². The van der Waals surface area contributed by atoms with Crippen LogP contribution >= 0.6 is 0 Å². The van der Waals surface area contributed by atoms with Crippen molar-refractivity contribution in [1.29, 1.82) is 0 Å². The lowest BCUT2D eigenvalue weighted by Crippen LogP contribution is -2.41. The fourth-order valence-corrected chi connectivity index (χ4v) is 11.1. The number of aromatic carboxylic acids is 1. The Labute approximate surface area is 397 Å². The number of carbonyl (C=O) groups excluding carboxylic acids is 4. The van der Waals surface area contributed by atoms with Crippen molar-refractivity contribution in [3.63, 3.8) is 0 Å². The molecule has 5 aliphatic heterocycles. The number of fused-ring (bicyclic) bond motifs is 4. The van der Waals surface area contributed by atoms with Gasteiger partial charge in [-0.25, -0.2) is 14.9 Å². The number of likely N-dealkylation sites (N-methyl/N-ethyl adjacent to an activating group) is 1. The van der Waals surface area contributed by atoms with Gasteiger partial charge in [-0.15, -0.1) is 0 Å². The molecule has 0 aliphatic carbocycles. The monoisotopic (exact) mass is 923 g/mol. The number of benzene rings is 4. The van der Waals surface area contributed by atoms with Gasteiger partial charge in [-0.2, -0.15) is 0 Å². The highest BCUT2D eigenvalue weighted by molar-refractivity contribution is 6.03.